The molecule has 0 fully saturated rings. The molecule has 20 heavy (non-hydrogen) atoms. The van der Waals surface area contributed by atoms with Gasteiger partial charge in [0.05, 0.1) is 11.6 Å². The van der Waals surface area contributed by atoms with E-state index < -0.39 is 17.2 Å². The Morgan fingerprint density at radius 2 is 1.95 bits per heavy atom. The summed E-state index contributed by atoms with van der Waals surface area (Å²) < 4.78 is 33.1. The van der Waals surface area contributed by atoms with Crippen molar-refractivity contribution >= 4 is 0 Å². The average Bonchev–Trinajstić information content (AvgIpc) is 2.41. The van der Waals surface area contributed by atoms with Gasteiger partial charge < -0.3 is 10.1 Å². The van der Waals surface area contributed by atoms with Gasteiger partial charge in [0, 0.05) is 18.2 Å². The molecule has 2 atom stereocenters. The number of hydrogen-bond donors (Lipinski definition) is 1. The second-order valence-electron chi connectivity index (χ2n) is 5.15. The van der Waals surface area contributed by atoms with Crippen LogP contribution in [0.5, 0.6) is 0 Å². The lowest BCUT2D eigenvalue weighted by atomic mass is 9.87. The molecule has 1 aromatic rings. The van der Waals surface area contributed by atoms with E-state index in [4.69, 9.17) is 4.74 Å². The Hall–Kier alpha value is -1.00. The summed E-state index contributed by atoms with van der Waals surface area (Å²) in [4.78, 5) is 0. The van der Waals surface area contributed by atoms with Crippen LogP contribution in [0, 0.1) is 11.6 Å². The summed E-state index contributed by atoms with van der Waals surface area (Å²) in [5.41, 5.74) is -0.0691. The maximum absolute atomic E-state index is 14.1. The van der Waals surface area contributed by atoms with E-state index in [9.17, 15) is 8.78 Å². The molecule has 2 unspecified atom stereocenters. The van der Waals surface area contributed by atoms with Crippen molar-refractivity contribution < 1.29 is 13.5 Å². The molecule has 1 rings (SSSR count). The van der Waals surface area contributed by atoms with Crippen LogP contribution in [0.2, 0.25) is 0 Å². The van der Waals surface area contributed by atoms with Crippen LogP contribution in [-0.4, -0.2) is 18.8 Å². The van der Waals surface area contributed by atoms with Crippen molar-refractivity contribution in [1.29, 1.82) is 0 Å². The molecule has 0 aliphatic heterocycles. The summed E-state index contributed by atoms with van der Waals surface area (Å²) >= 11 is 0. The lowest BCUT2D eigenvalue weighted by Gasteiger charge is -2.38. The molecule has 4 heteroatoms. The van der Waals surface area contributed by atoms with E-state index in [0.29, 0.717) is 12.2 Å². The second kappa shape index (κ2) is 7.70. The molecule has 1 N–H and O–H groups in total. The molecule has 0 aromatic heterocycles. The van der Waals surface area contributed by atoms with Crippen molar-refractivity contribution in [2.75, 3.05) is 13.2 Å². The van der Waals surface area contributed by atoms with Crippen LogP contribution >= 0.6 is 0 Å². The third kappa shape index (κ3) is 4.00. The number of halogens is 2. The van der Waals surface area contributed by atoms with Gasteiger partial charge in [-0.2, -0.15) is 0 Å². The van der Waals surface area contributed by atoms with Gasteiger partial charge in [0.15, 0.2) is 0 Å². The molecule has 0 aliphatic carbocycles. The normalized spacial score (nSPS) is 15.9. The quantitative estimate of drug-likeness (QED) is 0.772. The Morgan fingerprint density at radius 3 is 2.45 bits per heavy atom. The van der Waals surface area contributed by atoms with Crippen LogP contribution in [-0.2, 0) is 4.74 Å². The molecule has 114 valence electrons. The molecule has 0 radical (unpaired) electrons. The van der Waals surface area contributed by atoms with Gasteiger partial charge in [-0.15, -0.1) is 0 Å². The van der Waals surface area contributed by atoms with Crippen LogP contribution in [0.1, 0.15) is 52.1 Å². The fourth-order valence-corrected chi connectivity index (χ4v) is 2.40. The van der Waals surface area contributed by atoms with Crippen LogP contribution in [0.4, 0.5) is 8.78 Å². The fraction of sp³-hybridized carbons (Fsp3) is 0.625. The first-order valence-corrected chi connectivity index (χ1v) is 7.30. The summed E-state index contributed by atoms with van der Waals surface area (Å²) in [6, 6.07) is 3.43. The molecule has 0 amide bonds. The van der Waals surface area contributed by atoms with Gasteiger partial charge in [0.25, 0.3) is 0 Å². The molecular weight excluding hydrogens is 260 g/mol. The largest absolute Gasteiger partial charge is 0.374 e. The molecule has 0 saturated carbocycles. The molecule has 0 heterocycles. The van der Waals surface area contributed by atoms with Crippen LogP contribution in [0.25, 0.3) is 0 Å². The van der Waals surface area contributed by atoms with Crippen LogP contribution in [0.3, 0.4) is 0 Å². The number of hydrogen-bond acceptors (Lipinski definition) is 2. The highest BCUT2D eigenvalue weighted by atomic mass is 19.1. The van der Waals surface area contributed by atoms with Gasteiger partial charge in [-0.05, 0) is 39.3 Å². The number of nitrogens with one attached hydrogen (secondary N) is 1. The highest BCUT2D eigenvalue weighted by molar-refractivity contribution is 5.25. The SMILES string of the molecule is CCCNC(c1ccc(F)cc1F)C(C)(CC)OCC. The number of benzene rings is 1. The van der Waals surface area contributed by atoms with Crippen molar-refractivity contribution in [3.05, 3.63) is 35.4 Å². The molecule has 1 aromatic carbocycles. The predicted octanol–water partition coefficient (Wildman–Crippen LogP) is 4.21. The summed E-state index contributed by atoms with van der Waals surface area (Å²) in [5.74, 6) is -1.09. The second-order valence-corrected chi connectivity index (χ2v) is 5.15. The molecular formula is C16H25F2NO. The van der Waals surface area contributed by atoms with E-state index in [-0.39, 0.29) is 6.04 Å². The smallest absolute Gasteiger partial charge is 0.131 e. The Bertz CT molecular complexity index is 425. The van der Waals surface area contributed by atoms with Gasteiger partial charge in [-0.25, -0.2) is 8.78 Å². The zero-order chi connectivity index (χ0) is 15.2. The lowest BCUT2D eigenvalue weighted by Crippen LogP contribution is -2.44. The Kier molecular flexibility index (Phi) is 6.56. The van der Waals surface area contributed by atoms with Crippen molar-refractivity contribution in [1.82, 2.24) is 5.32 Å². The molecule has 0 bridgehead atoms. The van der Waals surface area contributed by atoms with Gasteiger partial charge >= 0.3 is 0 Å². The minimum Gasteiger partial charge on any atom is -0.374 e. The first kappa shape index (κ1) is 17.1. The van der Waals surface area contributed by atoms with E-state index in [2.05, 4.69) is 12.2 Å². The maximum Gasteiger partial charge on any atom is 0.131 e. The monoisotopic (exact) mass is 285 g/mol. The molecule has 0 saturated heterocycles. The zero-order valence-corrected chi connectivity index (χ0v) is 12.8. The molecule has 2 nitrogen and oxygen atoms in total. The van der Waals surface area contributed by atoms with Gasteiger partial charge in [-0.3, -0.25) is 0 Å². The van der Waals surface area contributed by atoms with E-state index in [1.807, 2.05) is 20.8 Å². The predicted molar refractivity (Wildman–Crippen MR) is 77.7 cm³/mol. The highest BCUT2D eigenvalue weighted by Gasteiger charge is 2.35. The zero-order valence-electron chi connectivity index (χ0n) is 12.8. The summed E-state index contributed by atoms with van der Waals surface area (Å²) in [6.07, 6.45) is 1.67. The fourth-order valence-electron chi connectivity index (χ4n) is 2.40. The van der Waals surface area contributed by atoms with Crippen molar-refractivity contribution in [3.8, 4) is 0 Å². The van der Waals surface area contributed by atoms with Crippen LogP contribution < -0.4 is 5.32 Å². The lowest BCUT2D eigenvalue weighted by molar-refractivity contribution is -0.0570. The minimum absolute atomic E-state index is 0.298. The summed E-state index contributed by atoms with van der Waals surface area (Å²) in [7, 11) is 0. The number of rotatable bonds is 8. The van der Waals surface area contributed by atoms with Gasteiger partial charge in [0.2, 0.25) is 0 Å². The van der Waals surface area contributed by atoms with E-state index in [1.54, 1.807) is 0 Å². The Labute approximate surface area is 120 Å². The first-order valence-electron chi connectivity index (χ1n) is 7.30. The van der Waals surface area contributed by atoms with E-state index in [1.165, 1.54) is 12.1 Å². The average molecular weight is 285 g/mol. The molecule has 0 aliphatic rings. The molecule has 0 spiro atoms. The van der Waals surface area contributed by atoms with Gasteiger partial charge in [-0.1, -0.05) is 19.9 Å². The van der Waals surface area contributed by atoms with Crippen LogP contribution in [0.15, 0.2) is 18.2 Å². The first-order chi connectivity index (χ1) is 9.48. The summed E-state index contributed by atoms with van der Waals surface area (Å²) in [5, 5.41) is 3.33. The summed E-state index contributed by atoms with van der Waals surface area (Å²) in [6.45, 7) is 9.26. The van der Waals surface area contributed by atoms with Crippen molar-refractivity contribution in [2.45, 2.75) is 52.2 Å². The van der Waals surface area contributed by atoms with Crippen molar-refractivity contribution in [3.63, 3.8) is 0 Å². The third-order valence-electron chi connectivity index (χ3n) is 3.66. The highest BCUT2D eigenvalue weighted by Crippen LogP contribution is 2.33. The topological polar surface area (TPSA) is 21.3 Å². The minimum atomic E-state index is -0.560. The van der Waals surface area contributed by atoms with E-state index >= 15 is 0 Å². The third-order valence-corrected chi connectivity index (χ3v) is 3.66. The van der Waals surface area contributed by atoms with E-state index in [0.717, 1.165) is 25.5 Å². The Morgan fingerprint density at radius 1 is 1.25 bits per heavy atom. The van der Waals surface area contributed by atoms with Gasteiger partial charge in [0.1, 0.15) is 11.6 Å². The standard InChI is InChI=1S/C16H25F2NO/c1-5-10-19-15(16(4,6-2)20-7-3)13-9-8-12(17)11-14(13)18/h8-9,11,15,19H,5-7,10H2,1-4H3. The van der Waals surface area contributed by atoms with Crippen molar-refractivity contribution in [2.24, 2.45) is 0 Å². The Balaban J connectivity index is 3.16. The maximum atomic E-state index is 14.1. The number of ether oxygens (including phenoxy) is 1.